The first-order valence-corrected chi connectivity index (χ1v) is 7.76. The van der Waals surface area contributed by atoms with E-state index < -0.39 is 0 Å². The lowest BCUT2D eigenvalue weighted by atomic mass is 10.1. The molecule has 0 fully saturated rings. The van der Waals surface area contributed by atoms with E-state index in [0.717, 1.165) is 5.75 Å². The molecule has 0 aliphatic carbocycles. The fraction of sp³-hybridized carbons (Fsp3) is 0.200. The van der Waals surface area contributed by atoms with Crippen LogP contribution in [0.15, 0.2) is 48.5 Å². The first-order valence-electron chi connectivity index (χ1n) is 5.77. The minimum atomic E-state index is 0.290. The highest BCUT2D eigenvalue weighted by atomic mass is 127. The zero-order valence-electron chi connectivity index (χ0n) is 10.1. The van der Waals surface area contributed by atoms with Gasteiger partial charge >= 0.3 is 0 Å². The van der Waals surface area contributed by atoms with Crippen molar-refractivity contribution in [1.29, 1.82) is 0 Å². The van der Waals surface area contributed by atoms with Crippen LogP contribution in [-0.4, -0.2) is 0 Å². The maximum atomic E-state index is 5.91. The van der Waals surface area contributed by atoms with Crippen LogP contribution in [0.1, 0.15) is 22.9 Å². The largest absolute Gasteiger partial charge is 0.489 e. The Kier molecular flexibility index (Phi) is 5.06. The highest BCUT2D eigenvalue weighted by molar-refractivity contribution is 14.1. The Bertz CT molecular complexity index is 511. The van der Waals surface area contributed by atoms with Gasteiger partial charge in [0.1, 0.15) is 12.4 Å². The second-order valence-electron chi connectivity index (χ2n) is 4.07. The highest BCUT2D eigenvalue weighted by Crippen LogP contribution is 2.32. The summed E-state index contributed by atoms with van der Waals surface area (Å²) in [5.74, 6) is 0.948. The molecule has 18 heavy (non-hydrogen) atoms. The Morgan fingerprint density at radius 3 is 2.56 bits per heavy atom. The molecule has 0 saturated carbocycles. The van der Waals surface area contributed by atoms with Crippen molar-refractivity contribution in [1.82, 2.24) is 0 Å². The van der Waals surface area contributed by atoms with Crippen LogP contribution >= 0.6 is 38.5 Å². The average molecular weight is 417 g/mol. The molecule has 0 aliphatic rings. The van der Waals surface area contributed by atoms with Crippen molar-refractivity contribution in [3.8, 4) is 5.75 Å². The van der Waals surface area contributed by atoms with Crippen LogP contribution in [-0.2, 0) is 6.61 Å². The maximum Gasteiger partial charge on any atom is 0.124 e. The van der Waals surface area contributed by atoms with E-state index in [2.05, 4.69) is 69.7 Å². The molecule has 0 spiro atoms. The molecule has 0 bridgehead atoms. The van der Waals surface area contributed by atoms with Crippen molar-refractivity contribution in [2.75, 3.05) is 0 Å². The normalized spacial score (nSPS) is 12.2. The first kappa shape index (κ1) is 13.9. The SMILES string of the molecule is CC(Br)c1cc(I)ccc1OCc1ccccc1. The number of hydrogen-bond acceptors (Lipinski definition) is 1. The molecule has 0 N–H and O–H groups in total. The molecule has 2 aromatic carbocycles. The standard InChI is InChI=1S/C15H14BrIO/c1-11(16)14-9-13(17)7-8-15(14)18-10-12-5-3-2-4-6-12/h2-9,11H,10H2,1H3. The molecule has 0 saturated heterocycles. The number of rotatable bonds is 4. The van der Waals surface area contributed by atoms with E-state index in [1.807, 2.05) is 24.3 Å². The molecule has 0 heterocycles. The zero-order valence-corrected chi connectivity index (χ0v) is 13.8. The van der Waals surface area contributed by atoms with E-state index >= 15 is 0 Å². The van der Waals surface area contributed by atoms with Gasteiger partial charge in [0.25, 0.3) is 0 Å². The van der Waals surface area contributed by atoms with E-state index in [4.69, 9.17) is 4.74 Å². The van der Waals surface area contributed by atoms with Gasteiger partial charge in [-0.25, -0.2) is 0 Å². The first-order chi connectivity index (χ1) is 8.66. The van der Waals surface area contributed by atoms with E-state index in [9.17, 15) is 0 Å². The fourth-order valence-electron chi connectivity index (χ4n) is 1.70. The molecule has 2 rings (SSSR count). The molecule has 0 aliphatic heterocycles. The molecule has 1 nitrogen and oxygen atoms in total. The van der Waals surface area contributed by atoms with Gasteiger partial charge in [-0.3, -0.25) is 0 Å². The highest BCUT2D eigenvalue weighted by Gasteiger charge is 2.09. The van der Waals surface area contributed by atoms with Gasteiger partial charge in [-0.15, -0.1) is 0 Å². The van der Waals surface area contributed by atoms with Crippen molar-refractivity contribution in [2.24, 2.45) is 0 Å². The van der Waals surface area contributed by atoms with Crippen molar-refractivity contribution in [2.45, 2.75) is 18.4 Å². The van der Waals surface area contributed by atoms with E-state index in [0.29, 0.717) is 6.61 Å². The van der Waals surface area contributed by atoms with Gasteiger partial charge in [-0.1, -0.05) is 46.3 Å². The summed E-state index contributed by atoms with van der Waals surface area (Å²) in [6.07, 6.45) is 0. The molecule has 1 unspecified atom stereocenters. The van der Waals surface area contributed by atoms with Crippen LogP contribution in [0, 0.1) is 3.57 Å². The molecule has 94 valence electrons. The summed E-state index contributed by atoms with van der Waals surface area (Å²) < 4.78 is 7.13. The fourth-order valence-corrected chi connectivity index (χ4v) is 2.57. The number of ether oxygens (including phenoxy) is 1. The minimum Gasteiger partial charge on any atom is -0.489 e. The summed E-state index contributed by atoms with van der Waals surface area (Å²) in [5.41, 5.74) is 2.38. The van der Waals surface area contributed by atoms with Gasteiger partial charge in [-0.05, 0) is 53.3 Å². The van der Waals surface area contributed by atoms with E-state index in [1.165, 1.54) is 14.7 Å². The monoisotopic (exact) mass is 416 g/mol. The summed E-state index contributed by atoms with van der Waals surface area (Å²) in [7, 11) is 0. The van der Waals surface area contributed by atoms with Crippen molar-refractivity contribution in [3.05, 3.63) is 63.2 Å². The maximum absolute atomic E-state index is 5.91. The number of halogens is 2. The van der Waals surface area contributed by atoms with Crippen LogP contribution in [0.2, 0.25) is 0 Å². The number of alkyl halides is 1. The average Bonchev–Trinajstić information content (AvgIpc) is 2.38. The van der Waals surface area contributed by atoms with Crippen LogP contribution in [0.25, 0.3) is 0 Å². The predicted octanol–water partition coefficient (Wildman–Crippen LogP) is 5.33. The Labute approximate surface area is 130 Å². The molecule has 0 radical (unpaired) electrons. The van der Waals surface area contributed by atoms with Gasteiger partial charge < -0.3 is 4.74 Å². The summed E-state index contributed by atoms with van der Waals surface area (Å²) in [4.78, 5) is 0.290. The Morgan fingerprint density at radius 2 is 1.89 bits per heavy atom. The summed E-state index contributed by atoms with van der Waals surface area (Å²) >= 11 is 5.93. The van der Waals surface area contributed by atoms with Gasteiger partial charge in [0, 0.05) is 14.0 Å². The molecule has 3 heteroatoms. The minimum absolute atomic E-state index is 0.290. The van der Waals surface area contributed by atoms with Crippen molar-refractivity contribution >= 4 is 38.5 Å². The molecule has 2 aromatic rings. The quantitative estimate of drug-likeness (QED) is 0.483. The molecular formula is C15H14BrIO. The number of hydrogen-bond donors (Lipinski definition) is 0. The third-order valence-corrected chi connectivity index (χ3v) is 3.80. The Balaban J connectivity index is 2.14. The molecule has 1 atom stereocenters. The van der Waals surface area contributed by atoms with Gasteiger partial charge in [-0.2, -0.15) is 0 Å². The summed E-state index contributed by atoms with van der Waals surface area (Å²) in [6, 6.07) is 16.5. The van der Waals surface area contributed by atoms with Crippen LogP contribution in [0.3, 0.4) is 0 Å². The van der Waals surface area contributed by atoms with Gasteiger partial charge in [0.15, 0.2) is 0 Å². The third-order valence-electron chi connectivity index (χ3n) is 2.64. The van der Waals surface area contributed by atoms with Crippen LogP contribution in [0.5, 0.6) is 5.75 Å². The molecule has 0 amide bonds. The lowest BCUT2D eigenvalue weighted by Gasteiger charge is -2.13. The van der Waals surface area contributed by atoms with E-state index in [-0.39, 0.29) is 4.83 Å². The summed E-state index contributed by atoms with van der Waals surface area (Å²) in [6.45, 7) is 2.72. The Morgan fingerprint density at radius 1 is 1.17 bits per heavy atom. The third kappa shape index (κ3) is 3.72. The predicted molar refractivity (Wildman–Crippen MR) is 87.3 cm³/mol. The van der Waals surface area contributed by atoms with Crippen molar-refractivity contribution in [3.63, 3.8) is 0 Å². The number of benzene rings is 2. The lowest BCUT2D eigenvalue weighted by Crippen LogP contribution is -1.99. The van der Waals surface area contributed by atoms with E-state index in [1.54, 1.807) is 0 Å². The van der Waals surface area contributed by atoms with Crippen LogP contribution < -0.4 is 4.74 Å². The molecular weight excluding hydrogens is 403 g/mol. The Hall–Kier alpha value is -0.550. The zero-order chi connectivity index (χ0) is 13.0. The second-order valence-corrected chi connectivity index (χ2v) is 6.69. The topological polar surface area (TPSA) is 9.23 Å². The van der Waals surface area contributed by atoms with Crippen molar-refractivity contribution < 1.29 is 4.74 Å². The van der Waals surface area contributed by atoms with Gasteiger partial charge in [0.2, 0.25) is 0 Å². The smallest absolute Gasteiger partial charge is 0.124 e. The second kappa shape index (κ2) is 6.57. The van der Waals surface area contributed by atoms with Gasteiger partial charge in [0.05, 0.1) is 0 Å². The molecule has 0 aromatic heterocycles. The lowest BCUT2D eigenvalue weighted by molar-refractivity contribution is 0.303. The van der Waals surface area contributed by atoms with Crippen LogP contribution in [0.4, 0.5) is 0 Å². The summed E-state index contributed by atoms with van der Waals surface area (Å²) in [5, 5.41) is 0.